The monoisotopic (exact) mass is 565 g/mol. The van der Waals surface area contributed by atoms with Crippen molar-refractivity contribution in [3.63, 3.8) is 0 Å². The zero-order valence-electron chi connectivity index (χ0n) is 25.6. The molecule has 7 rings (SSSR count). The molecule has 12 atom stereocenters. The van der Waals surface area contributed by atoms with E-state index in [2.05, 4.69) is 33.0 Å². The Labute approximate surface area is 246 Å². The van der Waals surface area contributed by atoms with Crippen LogP contribution in [-0.2, 0) is 20.8 Å². The summed E-state index contributed by atoms with van der Waals surface area (Å²) in [6.45, 7) is 11.2. The third-order valence-electron chi connectivity index (χ3n) is 13.5. The first-order chi connectivity index (χ1) is 19.6. The van der Waals surface area contributed by atoms with Crippen LogP contribution in [0.5, 0.6) is 5.75 Å². The number of fused-ring (bicyclic) bond motifs is 7. The van der Waals surface area contributed by atoms with Crippen LogP contribution >= 0.6 is 0 Å². The van der Waals surface area contributed by atoms with Crippen molar-refractivity contribution in [1.82, 2.24) is 5.32 Å². The topological polar surface area (TPSA) is 77.0 Å². The lowest BCUT2D eigenvalue weighted by atomic mass is 9.44. The first-order valence-corrected chi connectivity index (χ1v) is 16.7. The van der Waals surface area contributed by atoms with Crippen molar-refractivity contribution in [2.24, 2.45) is 52.3 Å². The van der Waals surface area contributed by atoms with E-state index in [0.29, 0.717) is 47.2 Å². The number of hydrogen-bond acceptors (Lipinski definition) is 5. The fraction of sp³-hybridized carbons (Fsp3) is 0.800. The smallest absolute Gasteiger partial charge is 0.407 e. The Bertz CT molecular complexity index is 1130. The summed E-state index contributed by atoms with van der Waals surface area (Å²) in [5, 5.41) is 12.4. The van der Waals surface area contributed by atoms with Crippen LogP contribution in [0.2, 0.25) is 0 Å². The summed E-state index contributed by atoms with van der Waals surface area (Å²) in [5.41, 5.74) is 1.66. The summed E-state index contributed by atoms with van der Waals surface area (Å²) in [6, 6.07) is 6.92. The molecule has 1 aromatic carbocycles. The van der Waals surface area contributed by atoms with Crippen LogP contribution < -0.4 is 5.32 Å². The van der Waals surface area contributed by atoms with E-state index in [-0.39, 0.29) is 23.7 Å². The number of benzene rings is 1. The van der Waals surface area contributed by atoms with Crippen molar-refractivity contribution in [2.75, 3.05) is 6.61 Å². The summed E-state index contributed by atoms with van der Waals surface area (Å²) in [7, 11) is 0. The van der Waals surface area contributed by atoms with Crippen LogP contribution in [0.25, 0.3) is 0 Å². The third-order valence-corrected chi connectivity index (χ3v) is 13.5. The van der Waals surface area contributed by atoms with Crippen LogP contribution in [0.3, 0.4) is 0 Å². The highest BCUT2D eigenvalue weighted by Crippen LogP contribution is 2.71. The highest BCUT2D eigenvalue weighted by atomic mass is 16.7. The minimum Gasteiger partial charge on any atom is -0.508 e. The molecule has 2 saturated heterocycles. The standard InChI is InChI=1S/C35H51NO5/c1-21-11-16-35(39-20-21)22(2)31-30(41-35)18-29-27-10-7-24-17-26(12-14-33(24,3)28(27)13-15-34(29,31)4)40-32(38)36-19-23-5-8-25(37)9-6-23/h5-6,8-9,21-22,24,26-31,37H,7,10-20H2,1-4H3,(H,36,38)/t21-,22-,24+,26-,27+,28-,29-,30-,31-,33-,34-,35+/m0/s1. The van der Waals surface area contributed by atoms with Crippen molar-refractivity contribution in [3.8, 4) is 5.75 Å². The number of ether oxygens (including phenoxy) is 3. The van der Waals surface area contributed by atoms with E-state index in [4.69, 9.17) is 14.2 Å². The maximum atomic E-state index is 12.6. The fourth-order valence-electron chi connectivity index (χ4n) is 11.3. The second-order valence-electron chi connectivity index (χ2n) is 15.5. The van der Waals surface area contributed by atoms with Gasteiger partial charge in [-0.2, -0.15) is 0 Å². The van der Waals surface area contributed by atoms with Crippen LogP contribution in [0.4, 0.5) is 4.79 Å². The Balaban J connectivity index is 0.982. The molecule has 6 heteroatoms. The Kier molecular flexibility index (Phi) is 6.93. The molecule has 6 nitrogen and oxygen atoms in total. The van der Waals surface area contributed by atoms with Gasteiger partial charge in [0, 0.05) is 18.9 Å². The van der Waals surface area contributed by atoms with Crippen molar-refractivity contribution < 1.29 is 24.1 Å². The molecular weight excluding hydrogens is 514 g/mol. The zero-order chi connectivity index (χ0) is 28.6. The number of rotatable bonds is 3. The molecule has 1 spiro atoms. The number of alkyl carbamates (subject to hydrolysis) is 1. The Morgan fingerprint density at radius 2 is 1.76 bits per heavy atom. The van der Waals surface area contributed by atoms with Crippen LogP contribution in [0, 0.1) is 52.3 Å². The van der Waals surface area contributed by atoms with E-state index >= 15 is 0 Å². The molecule has 6 fully saturated rings. The van der Waals surface area contributed by atoms with E-state index in [9.17, 15) is 9.90 Å². The highest BCUT2D eigenvalue weighted by Gasteiger charge is 2.69. The molecular formula is C35H51NO5. The second kappa shape index (κ2) is 10.1. The van der Waals surface area contributed by atoms with Crippen molar-refractivity contribution in [2.45, 2.75) is 116 Å². The molecule has 0 aromatic heterocycles. The van der Waals surface area contributed by atoms with E-state index < -0.39 is 0 Å². The van der Waals surface area contributed by atoms with E-state index in [0.717, 1.165) is 55.6 Å². The molecule has 2 N–H and O–H groups in total. The number of carbonyl (C=O) groups excluding carboxylic acids is 1. The number of carbonyl (C=O) groups is 1. The Morgan fingerprint density at radius 3 is 2.51 bits per heavy atom. The third kappa shape index (κ3) is 4.53. The molecule has 4 aliphatic carbocycles. The Morgan fingerprint density at radius 1 is 0.976 bits per heavy atom. The SMILES string of the molecule is C[C@H]1CC[C@@]2(OC1)O[C@H]1C[C@H]3[C@@H]4CC[C@@H]5C[C@@H](OC(=O)NCc6ccc(O)cc6)CC[C@]5(C)[C@H]4CC[C@]3(C)[C@H]1[C@@H]2C. The molecule has 0 radical (unpaired) electrons. The fourth-order valence-corrected chi connectivity index (χ4v) is 11.3. The second-order valence-corrected chi connectivity index (χ2v) is 15.5. The summed E-state index contributed by atoms with van der Waals surface area (Å²) >= 11 is 0. The molecule has 0 bridgehead atoms. The number of aromatic hydroxyl groups is 1. The molecule has 6 aliphatic rings. The van der Waals surface area contributed by atoms with Crippen molar-refractivity contribution in [3.05, 3.63) is 29.8 Å². The largest absolute Gasteiger partial charge is 0.508 e. The molecule has 4 saturated carbocycles. The van der Waals surface area contributed by atoms with Gasteiger partial charge in [-0.1, -0.05) is 39.8 Å². The molecule has 2 heterocycles. The van der Waals surface area contributed by atoms with Gasteiger partial charge >= 0.3 is 6.09 Å². The van der Waals surface area contributed by atoms with Crippen LogP contribution in [-0.4, -0.2) is 35.8 Å². The number of phenols is 1. The number of amides is 1. The first-order valence-electron chi connectivity index (χ1n) is 16.7. The van der Waals surface area contributed by atoms with Crippen LogP contribution in [0.15, 0.2) is 24.3 Å². The van der Waals surface area contributed by atoms with Gasteiger partial charge in [0.25, 0.3) is 0 Å². The summed E-state index contributed by atoms with van der Waals surface area (Å²) in [4.78, 5) is 12.6. The molecule has 2 aliphatic heterocycles. The Hall–Kier alpha value is -1.79. The lowest BCUT2D eigenvalue weighted by Crippen LogP contribution is -2.55. The summed E-state index contributed by atoms with van der Waals surface area (Å²) in [6.07, 6.45) is 11.9. The van der Waals surface area contributed by atoms with Gasteiger partial charge in [0.15, 0.2) is 5.79 Å². The first kappa shape index (κ1) is 28.0. The molecule has 226 valence electrons. The minimum atomic E-state index is -0.328. The maximum Gasteiger partial charge on any atom is 0.407 e. The molecule has 41 heavy (non-hydrogen) atoms. The van der Waals surface area contributed by atoms with Gasteiger partial charge in [-0.3, -0.25) is 0 Å². The average Bonchev–Trinajstić information content (AvgIpc) is 3.40. The zero-order valence-corrected chi connectivity index (χ0v) is 25.6. The normalized spacial score (nSPS) is 48.5. The predicted molar refractivity (Wildman–Crippen MR) is 157 cm³/mol. The maximum absolute atomic E-state index is 12.6. The summed E-state index contributed by atoms with van der Waals surface area (Å²) in [5.74, 6) is 4.61. The van der Waals surface area contributed by atoms with Gasteiger partial charge < -0.3 is 24.6 Å². The highest BCUT2D eigenvalue weighted by molar-refractivity contribution is 5.67. The van der Waals surface area contributed by atoms with Gasteiger partial charge in [-0.05, 0) is 122 Å². The number of hydrogen-bond donors (Lipinski definition) is 2. The van der Waals surface area contributed by atoms with E-state index in [1.54, 1.807) is 12.1 Å². The van der Waals surface area contributed by atoms with E-state index in [1.807, 2.05) is 12.1 Å². The van der Waals surface area contributed by atoms with Gasteiger partial charge in [0.2, 0.25) is 0 Å². The molecule has 1 aromatic rings. The molecule has 1 amide bonds. The van der Waals surface area contributed by atoms with Gasteiger partial charge in [-0.15, -0.1) is 0 Å². The van der Waals surface area contributed by atoms with Gasteiger partial charge in [-0.25, -0.2) is 4.79 Å². The van der Waals surface area contributed by atoms with E-state index in [1.165, 1.54) is 38.5 Å². The van der Waals surface area contributed by atoms with Crippen LogP contribution in [0.1, 0.15) is 97.5 Å². The number of phenolic OH excluding ortho intramolecular Hbond substituents is 1. The number of nitrogens with one attached hydrogen (secondary N) is 1. The lowest BCUT2D eigenvalue weighted by molar-refractivity contribution is -0.273. The van der Waals surface area contributed by atoms with Crippen molar-refractivity contribution in [1.29, 1.82) is 0 Å². The lowest BCUT2D eigenvalue weighted by Gasteiger charge is -2.61. The predicted octanol–water partition coefficient (Wildman–Crippen LogP) is 7.43. The average molecular weight is 566 g/mol. The summed E-state index contributed by atoms with van der Waals surface area (Å²) < 4.78 is 19.4. The molecule has 0 unspecified atom stereocenters. The quantitative estimate of drug-likeness (QED) is 0.398. The minimum absolute atomic E-state index is 0.00721. The van der Waals surface area contributed by atoms with Crippen molar-refractivity contribution >= 4 is 6.09 Å². The van der Waals surface area contributed by atoms with Gasteiger partial charge in [0.1, 0.15) is 11.9 Å². The van der Waals surface area contributed by atoms with Gasteiger partial charge in [0.05, 0.1) is 12.7 Å².